The van der Waals surface area contributed by atoms with Crippen LogP contribution < -0.4 is 4.74 Å². The van der Waals surface area contributed by atoms with Crippen molar-refractivity contribution >= 4 is 0 Å². The fourth-order valence-electron chi connectivity index (χ4n) is 1.59. The lowest BCUT2D eigenvalue weighted by Gasteiger charge is -2.14. The van der Waals surface area contributed by atoms with Crippen molar-refractivity contribution in [1.29, 1.82) is 0 Å². The van der Waals surface area contributed by atoms with Crippen LogP contribution in [0, 0.1) is 0 Å². The van der Waals surface area contributed by atoms with Crippen molar-refractivity contribution in [2.45, 2.75) is 13.1 Å². The molecule has 0 amide bonds. The van der Waals surface area contributed by atoms with E-state index in [-0.39, 0.29) is 0 Å². The van der Waals surface area contributed by atoms with Crippen LogP contribution in [0.25, 0.3) is 0 Å². The number of aromatic nitrogens is 2. The van der Waals surface area contributed by atoms with Gasteiger partial charge in [0.15, 0.2) is 0 Å². The molecular weight excluding hydrogens is 218 g/mol. The minimum Gasteiger partial charge on any atom is -0.497 e. The molecule has 0 aliphatic heterocycles. The van der Waals surface area contributed by atoms with E-state index in [0.717, 1.165) is 12.3 Å². The van der Waals surface area contributed by atoms with Gasteiger partial charge in [0, 0.05) is 6.54 Å². The maximum absolute atomic E-state index is 5.11. The first kappa shape index (κ1) is 11.6. The van der Waals surface area contributed by atoms with Crippen LogP contribution in [0.1, 0.15) is 11.5 Å². The molecule has 0 aliphatic rings. The molecule has 2 aromatic rings. The Labute approximate surface area is 100 Å². The van der Waals surface area contributed by atoms with Gasteiger partial charge in [-0.25, -0.2) is 0 Å². The minimum absolute atomic E-state index is 0.626. The molecule has 0 saturated carbocycles. The molecule has 5 heteroatoms. The predicted octanol–water partition coefficient (Wildman–Crippen LogP) is 1.71. The smallest absolute Gasteiger partial charge is 0.230 e. The Balaban J connectivity index is 1.91. The first-order valence-electron chi connectivity index (χ1n) is 5.34. The molecule has 1 aromatic heterocycles. The van der Waals surface area contributed by atoms with E-state index >= 15 is 0 Å². The van der Waals surface area contributed by atoms with E-state index in [0.29, 0.717) is 12.4 Å². The summed E-state index contributed by atoms with van der Waals surface area (Å²) in [6, 6.07) is 8.00. The number of ether oxygens (including phenoxy) is 1. The lowest BCUT2D eigenvalue weighted by Crippen LogP contribution is -2.17. The van der Waals surface area contributed by atoms with Gasteiger partial charge in [-0.1, -0.05) is 12.1 Å². The monoisotopic (exact) mass is 233 g/mol. The highest BCUT2D eigenvalue weighted by Crippen LogP contribution is 2.13. The molecule has 0 radical (unpaired) electrons. The summed E-state index contributed by atoms with van der Waals surface area (Å²) in [6.45, 7) is 1.47. The summed E-state index contributed by atoms with van der Waals surface area (Å²) in [6.07, 6.45) is 1.34. The highest BCUT2D eigenvalue weighted by molar-refractivity contribution is 5.27. The van der Waals surface area contributed by atoms with E-state index in [1.807, 2.05) is 31.3 Å². The maximum atomic E-state index is 5.11. The van der Waals surface area contributed by atoms with Crippen molar-refractivity contribution in [3.05, 3.63) is 42.1 Å². The zero-order chi connectivity index (χ0) is 12.1. The van der Waals surface area contributed by atoms with Crippen LogP contribution in [0.15, 0.2) is 35.1 Å². The molecule has 1 aromatic carbocycles. The van der Waals surface area contributed by atoms with E-state index in [9.17, 15) is 0 Å². The molecule has 1 heterocycles. The third-order valence-corrected chi connectivity index (χ3v) is 2.42. The predicted molar refractivity (Wildman–Crippen MR) is 62.5 cm³/mol. The highest BCUT2D eigenvalue weighted by Gasteiger charge is 2.05. The van der Waals surface area contributed by atoms with E-state index in [4.69, 9.17) is 9.15 Å². The van der Waals surface area contributed by atoms with Gasteiger partial charge in [-0.15, -0.1) is 10.2 Å². The zero-order valence-electron chi connectivity index (χ0n) is 9.96. The van der Waals surface area contributed by atoms with Crippen molar-refractivity contribution in [3.8, 4) is 5.75 Å². The zero-order valence-corrected chi connectivity index (χ0v) is 9.96. The van der Waals surface area contributed by atoms with Crippen LogP contribution in [0.5, 0.6) is 5.75 Å². The first-order chi connectivity index (χ1) is 8.28. The van der Waals surface area contributed by atoms with Crippen molar-refractivity contribution in [2.75, 3.05) is 14.2 Å². The van der Waals surface area contributed by atoms with Gasteiger partial charge in [-0.3, -0.25) is 4.90 Å². The number of benzene rings is 1. The molecule has 17 heavy (non-hydrogen) atoms. The normalized spacial score (nSPS) is 10.8. The van der Waals surface area contributed by atoms with Crippen molar-refractivity contribution < 1.29 is 9.15 Å². The second kappa shape index (κ2) is 5.45. The minimum atomic E-state index is 0.626. The SMILES string of the molecule is COc1ccc(CN(C)Cc2nnco2)cc1. The molecule has 0 atom stereocenters. The lowest BCUT2D eigenvalue weighted by atomic mass is 10.2. The van der Waals surface area contributed by atoms with Crippen LogP contribution in [-0.4, -0.2) is 29.3 Å². The Hall–Kier alpha value is -1.88. The summed E-state index contributed by atoms with van der Waals surface area (Å²) in [5.74, 6) is 1.49. The van der Waals surface area contributed by atoms with Gasteiger partial charge < -0.3 is 9.15 Å². The molecule has 0 spiro atoms. The standard InChI is InChI=1S/C12H15N3O2/c1-15(8-12-14-13-9-17-12)7-10-3-5-11(16-2)6-4-10/h3-6,9H,7-8H2,1-2H3. The van der Waals surface area contributed by atoms with Gasteiger partial charge in [-0.05, 0) is 24.7 Å². The fraction of sp³-hybridized carbons (Fsp3) is 0.333. The van der Waals surface area contributed by atoms with Gasteiger partial charge in [-0.2, -0.15) is 0 Å². The van der Waals surface area contributed by atoms with Crippen LogP contribution in [0.4, 0.5) is 0 Å². The molecule has 5 nitrogen and oxygen atoms in total. The molecule has 0 saturated heterocycles. The quantitative estimate of drug-likeness (QED) is 0.787. The van der Waals surface area contributed by atoms with E-state index < -0.39 is 0 Å². The topological polar surface area (TPSA) is 51.4 Å². The van der Waals surface area contributed by atoms with Gasteiger partial charge in [0.2, 0.25) is 12.3 Å². The van der Waals surface area contributed by atoms with Gasteiger partial charge in [0.05, 0.1) is 13.7 Å². The van der Waals surface area contributed by atoms with Crippen LogP contribution in [-0.2, 0) is 13.1 Å². The van der Waals surface area contributed by atoms with Crippen LogP contribution in [0.2, 0.25) is 0 Å². The molecule has 0 unspecified atom stereocenters. The van der Waals surface area contributed by atoms with E-state index in [1.54, 1.807) is 7.11 Å². The molecule has 0 fully saturated rings. The number of methoxy groups -OCH3 is 1. The summed E-state index contributed by atoms with van der Waals surface area (Å²) >= 11 is 0. The number of hydrogen-bond acceptors (Lipinski definition) is 5. The fourth-order valence-corrected chi connectivity index (χ4v) is 1.59. The Morgan fingerprint density at radius 2 is 2.00 bits per heavy atom. The van der Waals surface area contributed by atoms with Crippen molar-refractivity contribution in [1.82, 2.24) is 15.1 Å². The lowest BCUT2D eigenvalue weighted by molar-refractivity contribution is 0.281. The van der Waals surface area contributed by atoms with Gasteiger partial charge >= 0.3 is 0 Å². The molecule has 90 valence electrons. The molecule has 0 N–H and O–H groups in total. The summed E-state index contributed by atoms with van der Waals surface area (Å²) in [5, 5.41) is 7.49. The maximum Gasteiger partial charge on any atom is 0.230 e. The Kier molecular flexibility index (Phi) is 3.72. The average Bonchev–Trinajstić information content (AvgIpc) is 2.82. The second-order valence-electron chi connectivity index (χ2n) is 3.85. The van der Waals surface area contributed by atoms with Crippen LogP contribution >= 0.6 is 0 Å². The number of nitrogens with zero attached hydrogens (tertiary/aromatic N) is 3. The Bertz CT molecular complexity index is 439. The molecular formula is C12H15N3O2. The van der Waals surface area contributed by atoms with E-state index in [2.05, 4.69) is 15.1 Å². The molecule has 0 bridgehead atoms. The number of rotatable bonds is 5. The largest absolute Gasteiger partial charge is 0.497 e. The van der Waals surface area contributed by atoms with Crippen molar-refractivity contribution in [2.24, 2.45) is 0 Å². The Morgan fingerprint density at radius 3 is 2.59 bits per heavy atom. The summed E-state index contributed by atoms with van der Waals surface area (Å²) in [4.78, 5) is 2.11. The summed E-state index contributed by atoms with van der Waals surface area (Å²) in [5.41, 5.74) is 1.22. The number of hydrogen-bond donors (Lipinski definition) is 0. The highest BCUT2D eigenvalue weighted by atomic mass is 16.5. The third-order valence-electron chi connectivity index (χ3n) is 2.42. The first-order valence-corrected chi connectivity index (χ1v) is 5.34. The van der Waals surface area contributed by atoms with Crippen molar-refractivity contribution in [3.63, 3.8) is 0 Å². The summed E-state index contributed by atoms with van der Waals surface area (Å²) < 4.78 is 10.2. The van der Waals surface area contributed by atoms with E-state index in [1.165, 1.54) is 12.0 Å². The second-order valence-corrected chi connectivity index (χ2v) is 3.85. The Morgan fingerprint density at radius 1 is 1.24 bits per heavy atom. The summed E-state index contributed by atoms with van der Waals surface area (Å²) in [7, 11) is 3.67. The van der Waals surface area contributed by atoms with Gasteiger partial charge in [0.1, 0.15) is 5.75 Å². The average molecular weight is 233 g/mol. The van der Waals surface area contributed by atoms with Crippen LogP contribution in [0.3, 0.4) is 0 Å². The molecule has 0 aliphatic carbocycles. The van der Waals surface area contributed by atoms with Gasteiger partial charge in [0.25, 0.3) is 0 Å². The third kappa shape index (κ3) is 3.29. The molecule has 2 rings (SSSR count).